The molecule has 0 atom stereocenters. The number of hydrogen-bond acceptors (Lipinski definition) is 4. The Morgan fingerprint density at radius 2 is 2.04 bits per heavy atom. The van der Waals surface area contributed by atoms with Crippen LogP contribution in [0.3, 0.4) is 0 Å². The molecule has 1 saturated heterocycles. The summed E-state index contributed by atoms with van der Waals surface area (Å²) >= 11 is 8.50. The summed E-state index contributed by atoms with van der Waals surface area (Å²) in [6.45, 7) is 2.72. The topological polar surface area (TPSA) is 54.7 Å². The molecule has 1 fully saturated rings. The Morgan fingerprint density at radius 1 is 1.29 bits per heavy atom. The number of amides is 1. The van der Waals surface area contributed by atoms with Crippen molar-refractivity contribution >= 4 is 45.2 Å². The van der Waals surface area contributed by atoms with Crippen LogP contribution in [0.5, 0.6) is 5.75 Å². The van der Waals surface area contributed by atoms with E-state index in [0.29, 0.717) is 35.5 Å². The second-order valence-electron chi connectivity index (χ2n) is 5.08. The van der Waals surface area contributed by atoms with Crippen LogP contribution < -0.4 is 10.1 Å². The number of nitrogens with one attached hydrogen (secondary N) is 1. The first-order valence-corrected chi connectivity index (χ1v) is 8.58. The Hall–Kier alpha value is -2.12. The summed E-state index contributed by atoms with van der Waals surface area (Å²) < 4.78 is 12.3. The predicted octanol–water partition coefficient (Wildman–Crippen LogP) is 3.70. The maximum atomic E-state index is 12.1. The minimum absolute atomic E-state index is 0.147. The van der Waals surface area contributed by atoms with Crippen molar-refractivity contribution in [3.63, 3.8) is 0 Å². The lowest BCUT2D eigenvalue weighted by molar-refractivity contribution is -0.122. The number of carbonyl (C=O) groups excluding carboxylic acids is 1. The second-order valence-corrected chi connectivity index (χ2v) is 6.39. The van der Waals surface area contributed by atoms with E-state index in [9.17, 15) is 4.79 Å². The van der Waals surface area contributed by atoms with Crippen LogP contribution in [0.15, 0.2) is 51.0 Å². The van der Waals surface area contributed by atoms with Gasteiger partial charge in [0.15, 0.2) is 5.11 Å². The molecule has 1 N–H and O–H groups in total. The van der Waals surface area contributed by atoms with Gasteiger partial charge in [0, 0.05) is 17.1 Å². The SMILES string of the molecule is CCN1C(=O)/C(=C\c2ccc(COc3ccc(Br)cc3)o2)NC1=S. The molecule has 1 aliphatic heterocycles. The van der Waals surface area contributed by atoms with Gasteiger partial charge < -0.3 is 14.5 Å². The Balaban J connectivity index is 1.65. The van der Waals surface area contributed by atoms with E-state index in [1.54, 1.807) is 12.1 Å². The summed E-state index contributed by atoms with van der Waals surface area (Å²) in [6, 6.07) is 11.2. The lowest BCUT2D eigenvalue weighted by Crippen LogP contribution is -2.30. The Kier molecular flexibility index (Phi) is 5.01. The molecule has 1 amide bonds. The smallest absolute Gasteiger partial charge is 0.276 e. The van der Waals surface area contributed by atoms with Crippen LogP contribution >= 0.6 is 28.1 Å². The number of furan rings is 1. The van der Waals surface area contributed by atoms with Gasteiger partial charge in [-0.05, 0) is 55.5 Å². The van der Waals surface area contributed by atoms with Crippen molar-refractivity contribution in [3.05, 3.63) is 58.1 Å². The highest BCUT2D eigenvalue weighted by Gasteiger charge is 2.29. The number of likely N-dealkylation sites (N-methyl/N-ethyl adjacent to an activating group) is 1. The summed E-state index contributed by atoms with van der Waals surface area (Å²) in [5.74, 6) is 1.85. The second kappa shape index (κ2) is 7.19. The molecule has 24 heavy (non-hydrogen) atoms. The molecule has 0 aliphatic carbocycles. The predicted molar refractivity (Wildman–Crippen MR) is 98.3 cm³/mol. The van der Waals surface area contributed by atoms with Crippen molar-refractivity contribution in [1.29, 1.82) is 0 Å². The van der Waals surface area contributed by atoms with Crippen LogP contribution in [0.25, 0.3) is 6.08 Å². The van der Waals surface area contributed by atoms with E-state index in [-0.39, 0.29) is 5.91 Å². The minimum atomic E-state index is -0.147. The van der Waals surface area contributed by atoms with Crippen molar-refractivity contribution < 1.29 is 13.9 Å². The number of thiocarbonyl (C=S) groups is 1. The molecule has 0 unspecified atom stereocenters. The molecule has 1 aliphatic rings. The summed E-state index contributed by atoms with van der Waals surface area (Å²) in [5.41, 5.74) is 0.413. The highest BCUT2D eigenvalue weighted by molar-refractivity contribution is 9.10. The highest BCUT2D eigenvalue weighted by Crippen LogP contribution is 2.19. The molecule has 0 spiro atoms. The third-order valence-electron chi connectivity index (χ3n) is 3.44. The number of nitrogens with zero attached hydrogens (tertiary/aromatic N) is 1. The van der Waals surface area contributed by atoms with E-state index in [1.807, 2.05) is 37.3 Å². The molecule has 5 nitrogen and oxygen atoms in total. The van der Waals surface area contributed by atoms with E-state index in [1.165, 1.54) is 4.90 Å². The van der Waals surface area contributed by atoms with Crippen LogP contribution in [-0.4, -0.2) is 22.5 Å². The number of hydrogen-bond donors (Lipinski definition) is 1. The van der Waals surface area contributed by atoms with Gasteiger partial charge >= 0.3 is 0 Å². The van der Waals surface area contributed by atoms with Crippen LogP contribution in [0.2, 0.25) is 0 Å². The zero-order valence-corrected chi connectivity index (χ0v) is 15.3. The van der Waals surface area contributed by atoms with Gasteiger partial charge in [0.25, 0.3) is 5.91 Å². The summed E-state index contributed by atoms with van der Waals surface area (Å²) in [4.78, 5) is 13.6. The summed E-state index contributed by atoms with van der Waals surface area (Å²) in [6.07, 6.45) is 1.65. The fraction of sp³-hybridized carbons (Fsp3) is 0.176. The zero-order valence-electron chi connectivity index (χ0n) is 12.9. The Labute approximate surface area is 153 Å². The van der Waals surface area contributed by atoms with Gasteiger partial charge in [-0.3, -0.25) is 9.69 Å². The molecule has 1 aromatic carbocycles. The lowest BCUT2D eigenvalue weighted by Gasteiger charge is -2.08. The number of rotatable bonds is 5. The molecular weight excluding hydrogens is 392 g/mol. The third-order valence-corrected chi connectivity index (χ3v) is 4.29. The standard InChI is InChI=1S/C17H15BrN2O3S/c1-2-20-16(21)15(19-17(20)24)9-13-7-8-14(23-13)10-22-12-5-3-11(18)4-6-12/h3-9H,2,10H2,1H3,(H,19,24)/b15-9+. The quantitative estimate of drug-likeness (QED) is 0.605. The van der Waals surface area contributed by atoms with Crippen LogP contribution in [0, 0.1) is 0 Å². The number of carbonyl (C=O) groups is 1. The van der Waals surface area contributed by atoms with Gasteiger partial charge in [-0.15, -0.1) is 0 Å². The Morgan fingerprint density at radius 3 is 2.71 bits per heavy atom. The zero-order chi connectivity index (χ0) is 17.1. The van der Waals surface area contributed by atoms with Crippen molar-refractivity contribution in [1.82, 2.24) is 10.2 Å². The number of ether oxygens (including phenoxy) is 1. The fourth-order valence-electron chi connectivity index (χ4n) is 2.24. The van der Waals surface area contributed by atoms with Crippen molar-refractivity contribution in [2.24, 2.45) is 0 Å². The maximum Gasteiger partial charge on any atom is 0.276 e. The van der Waals surface area contributed by atoms with Gasteiger partial charge in [0.1, 0.15) is 29.6 Å². The van der Waals surface area contributed by atoms with Crippen LogP contribution in [0.1, 0.15) is 18.4 Å². The highest BCUT2D eigenvalue weighted by atomic mass is 79.9. The first kappa shape index (κ1) is 16.7. The van der Waals surface area contributed by atoms with E-state index >= 15 is 0 Å². The molecule has 124 valence electrons. The molecule has 0 saturated carbocycles. The number of halogens is 1. The molecule has 2 heterocycles. The van der Waals surface area contributed by atoms with E-state index in [0.717, 1.165) is 10.2 Å². The van der Waals surface area contributed by atoms with E-state index < -0.39 is 0 Å². The van der Waals surface area contributed by atoms with Crippen molar-refractivity contribution in [2.75, 3.05) is 6.54 Å². The lowest BCUT2D eigenvalue weighted by atomic mass is 10.3. The van der Waals surface area contributed by atoms with Crippen LogP contribution in [0.4, 0.5) is 0 Å². The molecule has 0 radical (unpaired) electrons. The molecule has 2 aromatic rings. The van der Waals surface area contributed by atoms with Crippen molar-refractivity contribution in [2.45, 2.75) is 13.5 Å². The first-order chi connectivity index (χ1) is 11.6. The summed E-state index contributed by atoms with van der Waals surface area (Å²) in [7, 11) is 0. The van der Waals surface area contributed by atoms with Crippen molar-refractivity contribution in [3.8, 4) is 5.75 Å². The number of benzene rings is 1. The average Bonchev–Trinajstić information content (AvgIpc) is 3.12. The van der Waals surface area contributed by atoms with Gasteiger partial charge in [0.2, 0.25) is 0 Å². The molecular formula is C17H15BrN2O3S. The minimum Gasteiger partial charge on any atom is -0.486 e. The van der Waals surface area contributed by atoms with E-state index in [4.69, 9.17) is 21.4 Å². The average molecular weight is 407 g/mol. The monoisotopic (exact) mass is 406 g/mol. The first-order valence-electron chi connectivity index (χ1n) is 7.38. The van der Waals surface area contributed by atoms with Gasteiger partial charge in [-0.25, -0.2) is 0 Å². The normalized spacial score (nSPS) is 15.9. The van der Waals surface area contributed by atoms with Crippen LogP contribution in [-0.2, 0) is 11.4 Å². The van der Waals surface area contributed by atoms with Gasteiger partial charge in [0.05, 0.1) is 0 Å². The van der Waals surface area contributed by atoms with E-state index in [2.05, 4.69) is 21.2 Å². The molecule has 0 bridgehead atoms. The van der Waals surface area contributed by atoms with Gasteiger partial charge in [-0.2, -0.15) is 0 Å². The third kappa shape index (κ3) is 3.68. The fourth-order valence-corrected chi connectivity index (χ4v) is 2.82. The molecule has 1 aromatic heterocycles. The van der Waals surface area contributed by atoms with Gasteiger partial charge in [-0.1, -0.05) is 15.9 Å². The molecule has 7 heteroatoms. The summed E-state index contributed by atoms with van der Waals surface area (Å²) in [5, 5.41) is 3.31. The largest absolute Gasteiger partial charge is 0.486 e. The Bertz CT molecular complexity index is 798. The maximum absolute atomic E-state index is 12.1. The molecule has 3 rings (SSSR count).